The van der Waals surface area contributed by atoms with Crippen molar-refractivity contribution in [1.82, 2.24) is 29.3 Å². The van der Waals surface area contributed by atoms with Gasteiger partial charge in [0.25, 0.3) is 0 Å². The number of rotatable bonds is 4. The van der Waals surface area contributed by atoms with Gasteiger partial charge in [0.1, 0.15) is 17.3 Å². The first-order valence-corrected chi connectivity index (χ1v) is 8.49. The molecule has 0 atom stereocenters. The minimum atomic E-state index is -0.270. The molecular formula is C17H19FN6O. The highest BCUT2D eigenvalue weighted by molar-refractivity contribution is 5.17. The summed E-state index contributed by atoms with van der Waals surface area (Å²) in [5.41, 5.74) is 1.08. The SMILES string of the molecule is O=c1n(Cc2cn(Cc3ccccc3F)nn2)nc2n1CCCCC2. The lowest BCUT2D eigenvalue weighted by Gasteiger charge is -2.01. The molecule has 0 N–H and O–H groups in total. The van der Waals surface area contributed by atoms with Crippen molar-refractivity contribution in [3.63, 3.8) is 0 Å². The van der Waals surface area contributed by atoms with Crippen LogP contribution in [0.4, 0.5) is 4.39 Å². The summed E-state index contributed by atoms with van der Waals surface area (Å²) < 4.78 is 18.5. The van der Waals surface area contributed by atoms with E-state index in [2.05, 4.69) is 15.4 Å². The Kier molecular flexibility index (Phi) is 4.17. The van der Waals surface area contributed by atoms with Crippen LogP contribution >= 0.6 is 0 Å². The van der Waals surface area contributed by atoms with Crippen molar-refractivity contribution >= 4 is 0 Å². The summed E-state index contributed by atoms with van der Waals surface area (Å²) in [6.07, 6.45) is 5.77. The van der Waals surface area contributed by atoms with E-state index in [0.29, 0.717) is 17.8 Å². The molecule has 0 amide bonds. The molecule has 3 heterocycles. The van der Waals surface area contributed by atoms with E-state index in [1.165, 1.54) is 10.7 Å². The summed E-state index contributed by atoms with van der Waals surface area (Å²) in [7, 11) is 0. The first-order chi connectivity index (χ1) is 12.2. The molecule has 8 heteroatoms. The van der Waals surface area contributed by atoms with E-state index in [0.717, 1.165) is 38.1 Å². The highest BCUT2D eigenvalue weighted by Crippen LogP contribution is 2.11. The van der Waals surface area contributed by atoms with Crippen LogP contribution in [0.15, 0.2) is 35.3 Å². The third-order valence-electron chi connectivity index (χ3n) is 4.47. The zero-order valence-corrected chi connectivity index (χ0v) is 13.8. The molecule has 0 saturated carbocycles. The Bertz CT molecular complexity index is 941. The molecule has 1 aliphatic rings. The molecule has 0 fully saturated rings. The summed E-state index contributed by atoms with van der Waals surface area (Å²) >= 11 is 0. The van der Waals surface area contributed by atoms with Gasteiger partial charge in [-0.05, 0) is 18.9 Å². The molecule has 4 rings (SSSR count). The molecule has 0 saturated heterocycles. The molecule has 0 radical (unpaired) electrons. The van der Waals surface area contributed by atoms with E-state index in [-0.39, 0.29) is 18.1 Å². The zero-order chi connectivity index (χ0) is 17.2. The minimum absolute atomic E-state index is 0.0967. The third kappa shape index (κ3) is 3.24. The van der Waals surface area contributed by atoms with Crippen LogP contribution < -0.4 is 5.69 Å². The second-order valence-corrected chi connectivity index (χ2v) is 6.32. The number of aryl methyl sites for hydroxylation is 1. The van der Waals surface area contributed by atoms with Gasteiger partial charge >= 0.3 is 5.69 Å². The van der Waals surface area contributed by atoms with Gasteiger partial charge in [-0.15, -0.1) is 5.10 Å². The fourth-order valence-electron chi connectivity index (χ4n) is 3.17. The monoisotopic (exact) mass is 342 g/mol. The van der Waals surface area contributed by atoms with Crippen molar-refractivity contribution in [2.75, 3.05) is 0 Å². The van der Waals surface area contributed by atoms with Crippen molar-refractivity contribution in [3.05, 3.63) is 63.8 Å². The second-order valence-electron chi connectivity index (χ2n) is 6.32. The summed E-state index contributed by atoms with van der Waals surface area (Å²) in [6, 6.07) is 6.58. The fraction of sp³-hybridized carbons (Fsp3) is 0.412. The van der Waals surface area contributed by atoms with Crippen LogP contribution in [-0.2, 0) is 26.1 Å². The summed E-state index contributed by atoms with van der Waals surface area (Å²) in [6.45, 7) is 1.30. The molecule has 25 heavy (non-hydrogen) atoms. The first kappa shape index (κ1) is 15.7. The highest BCUT2D eigenvalue weighted by Gasteiger charge is 2.16. The van der Waals surface area contributed by atoms with Crippen LogP contribution in [0, 0.1) is 5.82 Å². The van der Waals surface area contributed by atoms with Crippen molar-refractivity contribution in [1.29, 1.82) is 0 Å². The largest absolute Gasteiger partial charge is 0.346 e. The Morgan fingerprint density at radius 1 is 1.12 bits per heavy atom. The van der Waals surface area contributed by atoms with E-state index in [1.807, 2.05) is 0 Å². The third-order valence-corrected chi connectivity index (χ3v) is 4.47. The highest BCUT2D eigenvalue weighted by atomic mass is 19.1. The topological polar surface area (TPSA) is 70.5 Å². The first-order valence-electron chi connectivity index (χ1n) is 8.49. The van der Waals surface area contributed by atoms with Crippen LogP contribution in [0.1, 0.15) is 36.3 Å². The van der Waals surface area contributed by atoms with Crippen LogP contribution in [-0.4, -0.2) is 29.3 Å². The van der Waals surface area contributed by atoms with E-state index in [9.17, 15) is 9.18 Å². The van der Waals surface area contributed by atoms with Gasteiger partial charge in [-0.1, -0.05) is 29.8 Å². The molecule has 0 spiro atoms. The standard InChI is InChI=1S/C17H19FN6O/c18-15-7-4-3-6-13(15)10-22-11-14(19-21-22)12-24-17(25)23-9-5-1-2-8-16(23)20-24/h3-4,6-7,11H,1-2,5,8-10,12H2. The van der Waals surface area contributed by atoms with Crippen molar-refractivity contribution < 1.29 is 4.39 Å². The van der Waals surface area contributed by atoms with Crippen LogP contribution in [0.3, 0.4) is 0 Å². The molecule has 7 nitrogen and oxygen atoms in total. The Balaban J connectivity index is 1.52. The van der Waals surface area contributed by atoms with Crippen molar-refractivity contribution in [2.45, 2.75) is 45.3 Å². The maximum atomic E-state index is 13.7. The second kappa shape index (κ2) is 6.62. The number of fused-ring (bicyclic) bond motifs is 1. The van der Waals surface area contributed by atoms with Gasteiger partial charge in [-0.3, -0.25) is 4.57 Å². The number of halogens is 1. The number of nitrogens with zero attached hydrogens (tertiary/aromatic N) is 6. The lowest BCUT2D eigenvalue weighted by atomic mass is 10.2. The average molecular weight is 342 g/mol. The van der Waals surface area contributed by atoms with Gasteiger partial charge in [-0.25, -0.2) is 18.5 Å². The van der Waals surface area contributed by atoms with E-state index in [4.69, 9.17) is 0 Å². The number of benzene rings is 1. The Morgan fingerprint density at radius 2 is 2.00 bits per heavy atom. The van der Waals surface area contributed by atoms with Crippen LogP contribution in [0.5, 0.6) is 0 Å². The van der Waals surface area contributed by atoms with Gasteiger partial charge in [0.05, 0.1) is 19.3 Å². The normalized spacial score (nSPS) is 14.3. The fourth-order valence-corrected chi connectivity index (χ4v) is 3.17. The Hall–Kier alpha value is -2.77. The predicted molar refractivity (Wildman–Crippen MR) is 88.7 cm³/mol. The minimum Gasteiger partial charge on any atom is -0.279 e. The average Bonchev–Trinajstić information content (AvgIpc) is 3.06. The Morgan fingerprint density at radius 3 is 2.88 bits per heavy atom. The van der Waals surface area contributed by atoms with Gasteiger partial charge in [0, 0.05) is 18.5 Å². The molecule has 3 aromatic rings. The lowest BCUT2D eigenvalue weighted by Crippen LogP contribution is -2.25. The number of hydrogen-bond donors (Lipinski definition) is 0. The zero-order valence-electron chi connectivity index (χ0n) is 13.8. The predicted octanol–water partition coefficient (Wildman–Crippen LogP) is 1.60. The van der Waals surface area contributed by atoms with Gasteiger partial charge < -0.3 is 0 Å². The lowest BCUT2D eigenvalue weighted by molar-refractivity contribution is 0.576. The van der Waals surface area contributed by atoms with E-state index in [1.54, 1.807) is 33.6 Å². The molecule has 0 bridgehead atoms. The van der Waals surface area contributed by atoms with Crippen molar-refractivity contribution in [2.24, 2.45) is 0 Å². The maximum Gasteiger partial charge on any atom is 0.346 e. The van der Waals surface area contributed by atoms with E-state index < -0.39 is 0 Å². The molecular weight excluding hydrogens is 323 g/mol. The molecule has 1 aliphatic heterocycles. The number of hydrogen-bond acceptors (Lipinski definition) is 4. The van der Waals surface area contributed by atoms with Gasteiger partial charge in [0.2, 0.25) is 0 Å². The summed E-state index contributed by atoms with van der Waals surface area (Å²) in [4.78, 5) is 12.5. The van der Waals surface area contributed by atoms with Crippen LogP contribution in [0.2, 0.25) is 0 Å². The Labute approximate surface area is 143 Å². The quantitative estimate of drug-likeness (QED) is 0.722. The van der Waals surface area contributed by atoms with Crippen LogP contribution in [0.25, 0.3) is 0 Å². The maximum absolute atomic E-state index is 13.7. The molecule has 0 aliphatic carbocycles. The smallest absolute Gasteiger partial charge is 0.279 e. The van der Waals surface area contributed by atoms with Gasteiger partial charge in [-0.2, -0.15) is 5.10 Å². The summed E-state index contributed by atoms with van der Waals surface area (Å²) in [5, 5.41) is 12.6. The molecule has 2 aromatic heterocycles. The van der Waals surface area contributed by atoms with E-state index >= 15 is 0 Å². The van der Waals surface area contributed by atoms with Crippen molar-refractivity contribution in [3.8, 4) is 0 Å². The number of aromatic nitrogens is 6. The van der Waals surface area contributed by atoms with Gasteiger partial charge in [0.15, 0.2) is 0 Å². The molecule has 0 unspecified atom stereocenters. The molecule has 1 aromatic carbocycles. The summed E-state index contributed by atoms with van der Waals surface area (Å²) in [5.74, 6) is 0.579. The molecule has 130 valence electrons.